The zero-order valence-electron chi connectivity index (χ0n) is 11.0. The smallest absolute Gasteiger partial charge is 0.197 e. The Kier molecular flexibility index (Phi) is 4.42. The van der Waals surface area contributed by atoms with E-state index in [1.165, 1.54) is 13.2 Å². The van der Waals surface area contributed by atoms with Crippen molar-refractivity contribution in [2.24, 2.45) is 5.92 Å². The summed E-state index contributed by atoms with van der Waals surface area (Å²) in [6.45, 7) is 2.12. The predicted octanol–water partition coefficient (Wildman–Crippen LogP) is 2.39. The summed E-state index contributed by atoms with van der Waals surface area (Å²) < 4.78 is 24.0. The molecule has 0 bridgehead atoms. The molecular formula is C14H20FNO2. The van der Waals surface area contributed by atoms with Crippen molar-refractivity contribution in [2.75, 3.05) is 27.3 Å². The van der Waals surface area contributed by atoms with E-state index < -0.39 is 0 Å². The summed E-state index contributed by atoms with van der Waals surface area (Å²) in [5.74, 6) is 1.01. The molecule has 1 fully saturated rings. The minimum absolute atomic E-state index is 0.212. The Morgan fingerprint density at radius 2 is 1.83 bits per heavy atom. The summed E-state index contributed by atoms with van der Waals surface area (Å²) in [6, 6.07) is 3.26. The monoisotopic (exact) mass is 253 g/mol. The van der Waals surface area contributed by atoms with Gasteiger partial charge < -0.3 is 14.8 Å². The fourth-order valence-electron chi connectivity index (χ4n) is 2.55. The van der Waals surface area contributed by atoms with Gasteiger partial charge in [0.15, 0.2) is 17.3 Å². The van der Waals surface area contributed by atoms with Gasteiger partial charge in [0.1, 0.15) is 0 Å². The number of methoxy groups -OCH3 is 2. The molecule has 0 saturated carbocycles. The molecule has 1 aromatic carbocycles. The minimum Gasteiger partial charge on any atom is -0.492 e. The van der Waals surface area contributed by atoms with Crippen molar-refractivity contribution in [1.82, 2.24) is 5.32 Å². The lowest BCUT2D eigenvalue weighted by Crippen LogP contribution is -2.28. The molecule has 1 aliphatic heterocycles. The zero-order valence-corrected chi connectivity index (χ0v) is 11.0. The van der Waals surface area contributed by atoms with Crippen LogP contribution in [0.25, 0.3) is 0 Å². The summed E-state index contributed by atoms with van der Waals surface area (Å²) >= 11 is 0. The van der Waals surface area contributed by atoms with Crippen molar-refractivity contribution in [3.63, 3.8) is 0 Å². The number of nitrogens with one attached hydrogen (secondary N) is 1. The Morgan fingerprint density at radius 1 is 1.17 bits per heavy atom. The fourth-order valence-corrected chi connectivity index (χ4v) is 2.55. The third-order valence-electron chi connectivity index (χ3n) is 3.52. The maximum atomic E-state index is 13.6. The van der Waals surface area contributed by atoms with Gasteiger partial charge in [0.05, 0.1) is 14.2 Å². The van der Waals surface area contributed by atoms with E-state index in [-0.39, 0.29) is 11.6 Å². The third-order valence-corrected chi connectivity index (χ3v) is 3.52. The Bertz CT molecular complexity index is 403. The Morgan fingerprint density at radius 3 is 2.44 bits per heavy atom. The Labute approximate surface area is 107 Å². The highest BCUT2D eigenvalue weighted by Crippen LogP contribution is 2.35. The number of ether oxygens (including phenoxy) is 2. The lowest BCUT2D eigenvalue weighted by molar-refractivity contribution is 0.326. The summed E-state index contributed by atoms with van der Waals surface area (Å²) in [5, 5.41) is 3.34. The molecule has 1 aliphatic rings. The van der Waals surface area contributed by atoms with Crippen molar-refractivity contribution in [2.45, 2.75) is 19.3 Å². The average molecular weight is 253 g/mol. The number of piperidine rings is 1. The maximum absolute atomic E-state index is 13.6. The topological polar surface area (TPSA) is 30.5 Å². The Hall–Kier alpha value is -1.29. The quantitative estimate of drug-likeness (QED) is 0.893. The first-order valence-electron chi connectivity index (χ1n) is 6.36. The van der Waals surface area contributed by atoms with E-state index in [0.29, 0.717) is 11.7 Å². The zero-order chi connectivity index (χ0) is 13.0. The van der Waals surface area contributed by atoms with Gasteiger partial charge in [-0.3, -0.25) is 0 Å². The molecule has 0 radical (unpaired) electrons. The highest BCUT2D eigenvalue weighted by atomic mass is 19.1. The largest absolute Gasteiger partial charge is 0.492 e. The van der Waals surface area contributed by atoms with Crippen molar-refractivity contribution in [3.8, 4) is 11.5 Å². The predicted molar refractivity (Wildman–Crippen MR) is 68.8 cm³/mol. The van der Waals surface area contributed by atoms with Gasteiger partial charge >= 0.3 is 0 Å². The molecule has 1 saturated heterocycles. The highest BCUT2D eigenvalue weighted by molar-refractivity contribution is 5.47. The molecule has 2 rings (SSSR count). The van der Waals surface area contributed by atoms with Crippen LogP contribution in [0.2, 0.25) is 0 Å². The van der Waals surface area contributed by atoms with Gasteiger partial charge in [0, 0.05) is 0 Å². The third kappa shape index (κ3) is 2.75. The average Bonchev–Trinajstić information content (AvgIpc) is 2.41. The molecule has 1 aromatic rings. The van der Waals surface area contributed by atoms with Crippen LogP contribution < -0.4 is 14.8 Å². The van der Waals surface area contributed by atoms with Gasteiger partial charge in [0.25, 0.3) is 0 Å². The van der Waals surface area contributed by atoms with Gasteiger partial charge in [-0.1, -0.05) is 6.07 Å². The van der Waals surface area contributed by atoms with Crippen LogP contribution in [0.1, 0.15) is 18.4 Å². The molecule has 100 valence electrons. The van der Waals surface area contributed by atoms with E-state index in [2.05, 4.69) is 5.32 Å². The first-order chi connectivity index (χ1) is 8.76. The second-order valence-corrected chi connectivity index (χ2v) is 4.67. The summed E-state index contributed by atoms with van der Waals surface area (Å²) in [6.07, 6.45) is 3.23. The molecule has 1 heterocycles. The van der Waals surface area contributed by atoms with Gasteiger partial charge in [-0.15, -0.1) is 0 Å². The molecule has 1 N–H and O–H groups in total. The number of halogens is 1. The number of rotatable bonds is 4. The lowest BCUT2D eigenvalue weighted by Gasteiger charge is -2.23. The molecule has 0 unspecified atom stereocenters. The van der Waals surface area contributed by atoms with Crippen LogP contribution in [0.3, 0.4) is 0 Å². The summed E-state index contributed by atoms with van der Waals surface area (Å²) in [5.41, 5.74) is 1.03. The van der Waals surface area contributed by atoms with E-state index in [9.17, 15) is 4.39 Å². The summed E-state index contributed by atoms with van der Waals surface area (Å²) in [7, 11) is 3.03. The van der Waals surface area contributed by atoms with E-state index in [4.69, 9.17) is 9.47 Å². The van der Waals surface area contributed by atoms with Crippen molar-refractivity contribution >= 4 is 0 Å². The van der Waals surface area contributed by atoms with E-state index in [1.54, 1.807) is 13.2 Å². The molecule has 0 aromatic heterocycles. The van der Waals surface area contributed by atoms with E-state index in [1.807, 2.05) is 0 Å². The number of hydrogen-bond donors (Lipinski definition) is 1. The first-order valence-corrected chi connectivity index (χ1v) is 6.36. The normalized spacial score (nSPS) is 16.6. The van der Waals surface area contributed by atoms with Crippen LogP contribution in [0, 0.1) is 11.7 Å². The van der Waals surface area contributed by atoms with Crippen LogP contribution >= 0.6 is 0 Å². The first kappa shape index (κ1) is 13.1. The van der Waals surface area contributed by atoms with Crippen molar-refractivity contribution in [3.05, 3.63) is 23.5 Å². The second-order valence-electron chi connectivity index (χ2n) is 4.67. The molecule has 0 atom stereocenters. The molecular weight excluding hydrogens is 233 g/mol. The second kappa shape index (κ2) is 6.05. The van der Waals surface area contributed by atoms with Crippen LogP contribution in [0.5, 0.6) is 11.5 Å². The number of hydrogen-bond acceptors (Lipinski definition) is 3. The van der Waals surface area contributed by atoms with E-state index >= 15 is 0 Å². The van der Waals surface area contributed by atoms with Crippen LogP contribution in [0.15, 0.2) is 12.1 Å². The van der Waals surface area contributed by atoms with Gasteiger partial charge in [0.2, 0.25) is 0 Å². The highest BCUT2D eigenvalue weighted by Gasteiger charge is 2.19. The molecule has 0 amide bonds. The molecule has 4 heteroatoms. The maximum Gasteiger partial charge on any atom is 0.197 e. The van der Waals surface area contributed by atoms with Crippen LogP contribution in [-0.2, 0) is 6.42 Å². The molecule has 0 aliphatic carbocycles. The van der Waals surface area contributed by atoms with Crippen molar-refractivity contribution < 1.29 is 13.9 Å². The van der Waals surface area contributed by atoms with Gasteiger partial charge in [-0.25, -0.2) is 4.39 Å². The fraction of sp³-hybridized carbons (Fsp3) is 0.571. The van der Waals surface area contributed by atoms with Gasteiger partial charge in [-0.05, 0) is 49.9 Å². The van der Waals surface area contributed by atoms with Crippen LogP contribution in [0.4, 0.5) is 4.39 Å². The Balaban J connectivity index is 2.21. The summed E-state index contributed by atoms with van der Waals surface area (Å²) in [4.78, 5) is 0. The standard InChI is InChI=1S/C14H20FNO2/c1-17-13-11(3-4-12(15)14(13)18-2)9-10-5-7-16-8-6-10/h3-4,10,16H,5-9H2,1-2H3. The van der Waals surface area contributed by atoms with Gasteiger partial charge in [-0.2, -0.15) is 0 Å². The minimum atomic E-state index is -0.372. The molecule has 0 spiro atoms. The molecule has 18 heavy (non-hydrogen) atoms. The van der Waals surface area contributed by atoms with Crippen molar-refractivity contribution in [1.29, 1.82) is 0 Å². The SMILES string of the molecule is COc1c(F)ccc(CC2CCNCC2)c1OC. The van der Waals surface area contributed by atoms with Crippen LogP contribution in [-0.4, -0.2) is 27.3 Å². The lowest BCUT2D eigenvalue weighted by atomic mass is 9.90. The molecule has 3 nitrogen and oxygen atoms in total. The van der Waals surface area contributed by atoms with E-state index in [0.717, 1.165) is 37.9 Å². The number of benzene rings is 1.